The topological polar surface area (TPSA) is 160 Å². The van der Waals surface area contributed by atoms with Gasteiger partial charge in [0.25, 0.3) is 5.91 Å². The van der Waals surface area contributed by atoms with Gasteiger partial charge < -0.3 is 14.8 Å². The zero-order valence-electron chi connectivity index (χ0n) is 13.8. The van der Waals surface area contributed by atoms with Crippen LogP contribution in [0.4, 0.5) is 5.69 Å². The molecule has 0 spiro atoms. The maximum Gasteiger partial charge on any atom is 0.345 e. The molecule has 136 valence electrons. The number of nitro groups is 1. The molecule has 0 saturated heterocycles. The number of aromatic hydroxyl groups is 1. The van der Waals surface area contributed by atoms with Gasteiger partial charge in [-0.1, -0.05) is 0 Å². The van der Waals surface area contributed by atoms with Crippen molar-refractivity contribution in [2.75, 3.05) is 6.61 Å². The minimum absolute atomic E-state index is 0.0821. The van der Waals surface area contributed by atoms with Crippen LogP contribution in [0.15, 0.2) is 28.1 Å². The third-order valence-electron chi connectivity index (χ3n) is 3.07. The molecular formula is C15H15N5O6. The zero-order chi connectivity index (χ0) is 19.3. The summed E-state index contributed by atoms with van der Waals surface area (Å²) in [6.45, 7) is 3.44. The van der Waals surface area contributed by atoms with Gasteiger partial charge in [-0.3, -0.25) is 14.9 Å². The fourth-order valence-electron chi connectivity index (χ4n) is 2.01. The summed E-state index contributed by atoms with van der Waals surface area (Å²) in [6, 6.07) is 3.77. The number of H-pyrrole nitrogens is 1. The number of aromatic amines is 1. The summed E-state index contributed by atoms with van der Waals surface area (Å²) < 4.78 is 5.14. The van der Waals surface area contributed by atoms with Crippen molar-refractivity contribution in [3.8, 4) is 11.5 Å². The Hall–Kier alpha value is -3.76. The number of nitrogens with zero attached hydrogens (tertiary/aromatic N) is 3. The predicted molar refractivity (Wildman–Crippen MR) is 90.6 cm³/mol. The fraction of sp³-hybridized carbons (Fsp3) is 0.200. The van der Waals surface area contributed by atoms with Crippen molar-refractivity contribution in [2.45, 2.75) is 13.8 Å². The lowest BCUT2D eigenvalue weighted by atomic mass is 10.2. The Balaban J connectivity index is 2.23. The SMILES string of the molecule is CCOc1cc(/C=N/NC(=O)c2cc(C)[nH]c(=O)n2)cc([N+](=O)[O-])c1O. The molecule has 1 aromatic heterocycles. The molecule has 0 radical (unpaired) electrons. The second-order valence-corrected chi connectivity index (χ2v) is 5.03. The molecular weight excluding hydrogens is 346 g/mol. The third kappa shape index (κ3) is 4.41. The van der Waals surface area contributed by atoms with Crippen LogP contribution in [-0.2, 0) is 0 Å². The quantitative estimate of drug-likeness (QED) is 0.390. The van der Waals surface area contributed by atoms with Crippen LogP contribution in [0.5, 0.6) is 11.5 Å². The van der Waals surface area contributed by atoms with E-state index in [-0.39, 0.29) is 23.6 Å². The number of hydrogen-bond acceptors (Lipinski definition) is 8. The van der Waals surface area contributed by atoms with Crippen molar-refractivity contribution < 1.29 is 19.6 Å². The van der Waals surface area contributed by atoms with Gasteiger partial charge in [-0.15, -0.1) is 0 Å². The number of amides is 1. The van der Waals surface area contributed by atoms with Crippen LogP contribution in [0.1, 0.15) is 28.7 Å². The molecule has 0 saturated carbocycles. The van der Waals surface area contributed by atoms with Crippen LogP contribution in [0, 0.1) is 17.0 Å². The summed E-state index contributed by atoms with van der Waals surface area (Å²) in [6.07, 6.45) is 1.13. The summed E-state index contributed by atoms with van der Waals surface area (Å²) in [7, 11) is 0. The molecule has 26 heavy (non-hydrogen) atoms. The van der Waals surface area contributed by atoms with Gasteiger partial charge in [-0.2, -0.15) is 10.1 Å². The van der Waals surface area contributed by atoms with Crippen LogP contribution in [0.3, 0.4) is 0 Å². The van der Waals surface area contributed by atoms with Gasteiger partial charge in [0.1, 0.15) is 5.69 Å². The van der Waals surface area contributed by atoms with Crippen molar-refractivity contribution >= 4 is 17.8 Å². The molecule has 2 rings (SSSR count). The van der Waals surface area contributed by atoms with Gasteiger partial charge in [-0.05, 0) is 26.0 Å². The number of phenols is 1. The Morgan fingerprint density at radius 2 is 2.23 bits per heavy atom. The van der Waals surface area contributed by atoms with Crippen molar-refractivity contribution in [3.05, 3.63) is 55.7 Å². The molecule has 3 N–H and O–H groups in total. The van der Waals surface area contributed by atoms with Gasteiger partial charge >= 0.3 is 11.4 Å². The van der Waals surface area contributed by atoms with E-state index in [1.54, 1.807) is 13.8 Å². The fourth-order valence-corrected chi connectivity index (χ4v) is 2.01. The van der Waals surface area contributed by atoms with Crippen LogP contribution in [0.25, 0.3) is 0 Å². The van der Waals surface area contributed by atoms with Gasteiger partial charge in [0.05, 0.1) is 17.7 Å². The van der Waals surface area contributed by atoms with E-state index < -0.39 is 28.0 Å². The molecule has 11 heteroatoms. The summed E-state index contributed by atoms with van der Waals surface area (Å²) in [5.41, 5.74) is 1.47. The van der Waals surface area contributed by atoms with Gasteiger partial charge in [0.2, 0.25) is 5.75 Å². The van der Waals surface area contributed by atoms with Crippen LogP contribution >= 0.6 is 0 Å². The number of aryl methyl sites for hydroxylation is 1. The van der Waals surface area contributed by atoms with Crippen LogP contribution in [0.2, 0.25) is 0 Å². The zero-order valence-corrected chi connectivity index (χ0v) is 13.8. The molecule has 0 unspecified atom stereocenters. The number of rotatable bonds is 6. The first-order chi connectivity index (χ1) is 12.3. The lowest BCUT2D eigenvalue weighted by Gasteiger charge is -2.07. The Morgan fingerprint density at radius 1 is 1.50 bits per heavy atom. The highest BCUT2D eigenvalue weighted by Gasteiger charge is 2.19. The summed E-state index contributed by atoms with van der Waals surface area (Å²) in [4.78, 5) is 39.3. The number of ether oxygens (including phenoxy) is 1. The highest BCUT2D eigenvalue weighted by molar-refractivity contribution is 5.93. The molecule has 1 amide bonds. The largest absolute Gasteiger partial charge is 0.500 e. The van der Waals surface area contributed by atoms with Crippen molar-refractivity contribution in [1.29, 1.82) is 0 Å². The number of nitro benzene ring substituents is 1. The van der Waals surface area contributed by atoms with Crippen LogP contribution in [-0.4, -0.2) is 38.7 Å². The molecule has 1 heterocycles. The summed E-state index contributed by atoms with van der Waals surface area (Å²) >= 11 is 0. The first-order valence-electron chi connectivity index (χ1n) is 7.37. The van der Waals surface area contributed by atoms with E-state index in [4.69, 9.17) is 4.74 Å². The van der Waals surface area contributed by atoms with E-state index in [2.05, 4.69) is 20.5 Å². The number of aromatic nitrogens is 2. The van der Waals surface area contributed by atoms with E-state index in [0.29, 0.717) is 5.69 Å². The number of benzene rings is 1. The van der Waals surface area contributed by atoms with E-state index in [1.165, 1.54) is 12.1 Å². The maximum absolute atomic E-state index is 11.9. The molecule has 0 aliphatic rings. The van der Waals surface area contributed by atoms with Gasteiger partial charge in [-0.25, -0.2) is 10.2 Å². The van der Waals surface area contributed by atoms with E-state index >= 15 is 0 Å². The van der Waals surface area contributed by atoms with Gasteiger partial charge in [0, 0.05) is 17.3 Å². The van der Waals surface area contributed by atoms with E-state index in [1.807, 2.05) is 0 Å². The molecule has 2 aromatic rings. The highest BCUT2D eigenvalue weighted by Crippen LogP contribution is 2.36. The average Bonchev–Trinajstić information content (AvgIpc) is 2.56. The van der Waals surface area contributed by atoms with Gasteiger partial charge in [0.15, 0.2) is 5.75 Å². The van der Waals surface area contributed by atoms with Crippen molar-refractivity contribution in [2.24, 2.45) is 5.10 Å². The summed E-state index contributed by atoms with van der Waals surface area (Å²) in [5.74, 6) is -1.41. The Bertz CT molecular complexity index is 937. The van der Waals surface area contributed by atoms with Crippen molar-refractivity contribution in [3.63, 3.8) is 0 Å². The molecule has 0 aliphatic carbocycles. The van der Waals surface area contributed by atoms with Crippen molar-refractivity contribution in [1.82, 2.24) is 15.4 Å². The predicted octanol–water partition coefficient (Wildman–Crippen LogP) is 0.855. The smallest absolute Gasteiger partial charge is 0.345 e. The maximum atomic E-state index is 11.9. The monoisotopic (exact) mass is 361 g/mol. The molecule has 1 aromatic carbocycles. The Kier molecular flexibility index (Phi) is 5.63. The number of nitrogens with one attached hydrogen (secondary N) is 2. The molecule has 11 nitrogen and oxygen atoms in total. The number of carbonyl (C=O) groups is 1. The highest BCUT2D eigenvalue weighted by atomic mass is 16.6. The lowest BCUT2D eigenvalue weighted by molar-refractivity contribution is -0.386. The third-order valence-corrected chi connectivity index (χ3v) is 3.07. The molecule has 0 aliphatic heterocycles. The first-order valence-corrected chi connectivity index (χ1v) is 7.37. The molecule has 0 atom stereocenters. The average molecular weight is 361 g/mol. The number of phenolic OH excluding ortho intramolecular Hbond substituents is 1. The Morgan fingerprint density at radius 3 is 2.85 bits per heavy atom. The minimum atomic E-state index is -0.767. The van der Waals surface area contributed by atoms with Crippen LogP contribution < -0.4 is 15.9 Å². The normalized spacial score (nSPS) is 10.7. The lowest BCUT2D eigenvalue weighted by Crippen LogP contribution is -2.24. The Labute approximate surface area is 146 Å². The number of hydrogen-bond donors (Lipinski definition) is 3. The first kappa shape index (κ1) is 18.6. The second-order valence-electron chi connectivity index (χ2n) is 5.03. The standard InChI is InChI=1S/C15H15N5O6/c1-3-26-12-6-9(5-11(13(12)21)20(24)25)7-16-19-14(22)10-4-8(2)17-15(23)18-10/h4-7,21H,3H2,1-2H3,(H,19,22)(H,17,18,23)/b16-7+. The number of hydrazone groups is 1. The minimum Gasteiger partial charge on any atom is -0.500 e. The van der Waals surface area contributed by atoms with E-state index in [0.717, 1.165) is 12.3 Å². The second kappa shape index (κ2) is 7.88. The molecule has 0 bridgehead atoms. The van der Waals surface area contributed by atoms with E-state index in [9.17, 15) is 24.8 Å². The number of carbonyl (C=O) groups excluding carboxylic acids is 1. The molecule has 0 fully saturated rings. The summed E-state index contributed by atoms with van der Waals surface area (Å²) in [5, 5.41) is 24.5.